The third kappa shape index (κ3) is 5.77. The van der Waals surface area contributed by atoms with Crippen LogP contribution in [0.3, 0.4) is 0 Å². The summed E-state index contributed by atoms with van der Waals surface area (Å²) >= 11 is 4.81. The van der Waals surface area contributed by atoms with Crippen LogP contribution in [-0.4, -0.2) is 9.97 Å². The van der Waals surface area contributed by atoms with Gasteiger partial charge >= 0.3 is 16.5 Å². The summed E-state index contributed by atoms with van der Waals surface area (Å²) in [6.45, 7) is 0. The van der Waals surface area contributed by atoms with Crippen molar-refractivity contribution in [3.63, 3.8) is 0 Å². The average Bonchev–Trinajstić information content (AvgIpc) is 2.71. The van der Waals surface area contributed by atoms with Crippen LogP contribution in [0, 0.1) is 6.07 Å². The number of hydrogen-bond donors (Lipinski definition) is 0. The molecular weight excluding hydrogens is 383 g/mol. The summed E-state index contributed by atoms with van der Waals surface area (Å²) in [5.74, 6) is 0. The molecule has 0 saturated heterocycles. The number of nitrogens with zero attached hydrogens (tertiary/aromatic N) is 2. The summed E-state index contributed by atoms with van der Waals surface area (Å²) in [7, 11) is 0. The van der Waals surface area contributed by atoms with E-state index in [2.05, 4.69) is 16.0 Å². The summed E-state index contributed by atoms with van der Waals surface area (Å²) in [6, 6.07) is 32.4. The zero-order valence-corrected chi connectivity index (χ0v) is 15.7. The molecule has 0 amide bonds. The van der Waals surface area contributed by atoms with Gasteiger partial charge in [0.25, 0.3) is 0 Å². The van der Waals surface area contributed by atoms with Gasteiger partial charge in [-0.25, -0.2) is 0 Å². The van der Waals surface area contributed by atoms with Gasteiger partial charge in [-0.1, -0.05) is 48.5 Å². The maximum absolute atomic E-state index is 4.81. The Morgan fingerprint density at radius 2 is 1.35 bits per heavy atom. The fourth-order valence-electron chi connectivity index (χ4n) is 2.21. The van der Waals surface area contributed by atoms with E-state index in [1.165, 1.54) is 0 Å². The summed E-state index contributed by atoms with van der Waals surface area (Å²) < 4.78 is 0. The van der Waals surface area contributed by atoms with Crippen LogP contribution in [-0.2, 0) is 29.1 Å². The second-order valence-corrected chi connectivity index (χ2v) is 5.68. The van der Waals surface area contributed by atoms with E-state index in [9.17, 15) is 0 Å². The van der Waals surface area contributed by atoms with Crippen LogP contribution in [0.4, 0.5) is 0 Å². The molecule has 2 aromatic carbocycles. The number of pyridine rings is 2. The Kier molecular flexibility index (Phi) is 7.94. The quantitative estimate of drug-likeness (QED) is 0.263. The van der Waals surface area contributed by atoms with Crippen molar-refractivity contribution < 1.29 is 16.5 Å². The Hall–Kier alpha value is -2.55. The molecule has 26 heavy (non-hydrogen) atoms. The Labute approximate surface area is 169 Å². The van der Waals surface area contributed by atoms with Crippen molar-refractivity contribution in [3.05, 3.63) is 103 Å². The molecule has 0 unspecified atom stereocenters. The molecule has 130 valence electrons. The van der Waals surface area contributed by atoms with E-state index >= 15 is 0 Å². The Morgan fingerprint density at radius 3 is 1.96 bits per heavy atom. The molecule has 0 bridgehead atoms. The maximum Gasteiger partial charge on any atom is 2.00 e. The third-order valence-corrected chi connectivity index (χ3v) is 3.68. The fraction of sp³-hybridized carbons (Fsp3) is 0. The van der Waals surface area contributed by atoms with Crippen LogP contribution in [0.5, 0.6) is 0 Å². The van der Waals surface area contributed by atoms with Crippen molar-refractivity contribution in [1.29, 1.82) is 0 Å². The second kappa shape index (κ2) is 10.4. The molecule has 4 rings (SSSR count). The molecule has 4 heteroatoms. The van der Waals surface area contributed by atoms with Gasteiger partial charge in [0.1, 0.15) is 0 Å². The molecular formula is C22H16N2NiS. The fourth-order valence-corrected chi connectivity index (χ4v) is 2.37. The van der Waals surface area contributed by atoms with Gasteiger partial charge in [-0.15, -0.1) is 35.9 Å². The van der Waals surface area contributed by atoms with Gasteiger partial charge < -0.3 is 12.6 Å². The second-order valence-electron chi connectivity index (χ2n) is 5.21. The van der Waals surface area contributed by atoms with Gasteiger partial charge in [-0.05, 0) is 23.9 Å². The molecule has 0 aliphatic rings. The number of rotatable bonds is 2. The Bertz CT molecular complexity index is 846. The molecule has 0 saturated carbocycles. The molecule has 0 aliphatic carbocycles. The molecule has 2 aromatic heterocycles. The van der Waals surface area contributed by atoms with Crippen molar-refractivity contribution in [1.82, 2.24) is 9.97 Å². The molecule has 2 nitrogen and oxygen atoms in total. The molecule has 0 aliphatic heterocycles. The van der Waals surface area contributed by atoms with Crippen LogP contribution in [0.25, 0.3) is 22.6 Å². The summed E-state index contributed by atoms with van der Waals surface area (Å²) in [5, 5.41) is 0. The molecule has 0 radical (unpaired) electrons. The van der Waals surface area contributed by atoms with Crippen LogP contribution < -0.4 is 0 Å². The Morgan fingerprint density at radius 1 is 0.654 bits per heavy atom. The van der Waals surface area contributed by atoms with Gasteiger partial charge in [0.05, 0.1) is 11.4 Å². The first kappa shape index (κ1) is 19.8. The van der Waals surface area contributed by atoms with E-state index in [4.69, 9.17) is 12.6 Å². The molecule has 0 N–H and O–H groups in total. The zero-order valence-electron chi connectivity index (χ0n) is 13.9. The predicted molar refractivity (Wildman–Crippen MR) is 104 cm³/mol. The van der Waals surface area contributed by atoms with Gasteiger partial charge in [-0.2, -0.15) is 4.90 Å². The number of hydrogen-bond acceptors (Lipinski definition) is 3. The topological polar surface area (TPSA) is 25.8 Å². The van der Waals surface area contributed by atoms with Crippen LogP contribution in [0.1, 0.15) is 0 Å². The monoisotopic (exact) mass is 398 g/mol. The zero-order chi connectivity index (χ0) is 17.3. The van der Waals surface area contributed by atoms with E-state index in [0.29, 0.717) is 0 Å². The van der Waals surface area contributed by atoms with Gasteiger partial charge in [0.15, 0.2) is 0 Å². The molecule has 4 aromatic rings. The molecule has 0 fully saturated rings. The standard InChI is InChI=1S/C16H11N2.C6H6S.Ni/c1-2-7-13(8-3-1)14-10-6-11-16(18-14)15-9-4-5-12-17-15;7-6-4-2-1-3-5-6;/h1-7,9-12H;1-5,7H;/q-1;;+2/p-1. The first-order valence-corrected chi connectivity index (χ1v) is 8.31. The largest absolute Gasteiger partial charge is 2.00 e. The smallest absolute Gasteiger partial charge is 0.780 e. The van der Waals surface area contributed by atoms with Crippen LogP contribution in [0.15, 0.2) is 102 Å². The minimum atomic E-state index is 0. The first-order valence-electron chi connectivity index (χ1n) is 7.90. The summed E-state index contributed by atoms with van der Waals surface area (Å²) in [4.78, 5) is 9.84. The van der Waals surface area contributed by atoms with Gasteiger partial charge in [-0.3, -0.25) is 9.97 Å². The normalized spacial score (nSPS) is 9.38. The first-order chi connectivity index (χ1) is 12.3. The summed E-state index contributed by atoms with van der Waals surface area (Å²) in [5.41, 5.74) is 3.68. The molecule has 0 atom stereocenters. The third-order valence-electron chi connectivity index (χ3n) is 3.40. The van der Waals surface area contributed by atoms with Crippen molar-refractivity contribution >= 4 is 12.6 Å². The number of benzene rings is 2. The minimum absolute atomic E-state index is 0. The minimum Gasteiger partial charge on any atom is -0.780 e. The van der Waals surface area contributed by atoms with E-state index < -0.39 is 0 Å². The van der Waals surface area contributed by atoms with E-state index in [-0.39, 0.29) is 16.5 Å². The van der Waals surface area contributed by atoms with E-state index in [1.54, 1.807) is 6.20 Å². The average molecular weight is 399 g/mol. The Balaban J connectivity index is 0.000000258. The van der Waals surface area contributed by atoms with Crippen molar-refractivity contribution in [2.45, 2.75) is 4.90 Å². The van der Waals surface area contributed by atoms with Gasteiger partial charge in [0, 0.05) is 6.20 Å². The van der Waals surface area contributed by atoms with Crippen molar-refractivity contribution in [2.24, 2.45) is 0 Å². The van der Waals surface area contributed by atoms with Crippen LogP contribution in [0.2, 0.25) is 0 Å². The number of aromatic nitrogens is 2. The molecule has 2 heterocycles. The SMILES string of the molecule is [Ni+2].[S-]c1ccccc1.[c-]1ccccc1-c1cccc(-c2ccccn2)n1. The van der Waals surface area contributed by atoms with Crippen molar-refractivity contribution in [3.8, 4) is 22.6 Å². The predicted octanol–water partition coefficient (Wildman–Crippen LogP) is 5.20. The summed E-state index contributed by atoms with van der Waals surface area (Å²) in [6.07, 6.45) is 1.78. The van der Waals surface area contributed by atoms with Crippen molar-refractivity contribution in [2.75, 3.05) is 0 Å². The van der Waals surface area contributed by atoms with E-state index in [0.717, 1.165) is 27.5 Å². The van der Waals surface area contributed by atoms with Crippen LogP contribution >= 0.6 is 0 Å². The molecule has 0 spiro atoms. The maximum atomic E-state index is 4.81. The van der Waals surface area contributed by atoms with E-state index in [1.807, 2.05) is 91.0 Å². The van der Waals surface area contributed by atoms with Gasteiger partial charge in [0.2, 0.25) is 0 Å².